The fourth-order valence-corrected chi connectivity index (χ4v) is 1.93. The number of carbonyl (C=O) groups is 1. The van der Waals surface area contributed by atoms with Crippen LogP contribution in [-0.2, 0) is 4.74 Å². The van der Waals surface area contributed by atoms with Crippen molar-refractivity contribution in [2.45, 2.75) is 13.8 Å². The van der Waals surface area contributed by atoms with E-state index in [2.05, 4.69) is 10.5 Å². The van der Waals surface area contributed by atoms with Crippen molar-refractivity contribution in [3.63, 3.8) is 0 Å². The molecule has 1 N–H and O–H groups in total. The van der Waals surface area contributed by atoms with Crippen LogP contribution in [0.2, 0.25) is 0 Å². The number of nitrogens with zero attached hydrogens (tertiary/aromatic N) is 1. The average molecular weight is 286 g/mol. The molecule has 0 spiro atoms. The van der Waals surface area contributed by atoms with Gasteiger partial charge in [0.15, 0.2) is 0 Å². The normalized spacial score (nSPS) is 11.3. The average Bonchev–Trinajstić information content (AvgIpc) is 2.51. The lowest BCUT2D eigenvalue weighted by Crippen LogP contribution is -2.20. The van der Waals surface area contributed by atoms with Crippen LogP contribution in [0.25, 0.3) is 10.8 Å². The zero-order chi connectivity index (χ0) is 15.2. The number of amides is 1. The van der Waals surface area contributed by atoms with Crippen molar-refractivity contribution < 1.29 is 14.3 Å². The third kappa shape index (κ3) is 3.72. The molecule has 0 atom stereocenters. The Balaban J connectivity index is 2.22. The molecule has 0 radical (unpaired) electrons. The van der Waals surface area contributed by atoms with Crippen LogP contribution < -0.4 is 10.2 Å². The van der Waals surface area contributed by atoms with Gasteiger partial charge in [0.05, 0.1) is 19.4 Å². The quantitative estimate of drug-likeness (QED) is 0.693. The van der Waals surface area contributed by atoms with E-state index in [0.717, 1.165) is 22.1 Å². The number of benzene rings is 2. The molecule has 2 rings (SSSR count). The SMILES string of the molecule is CCOC(=O)NN=C(C)c1ccc2cc(OC)ccc2c1. The molecule has 2 aromatic rings. The minimum absolute atomic E-state index is 0.318. The topological polar surface area (TPSA) is 59.9 Å². The van der Waals surface area contributed by atoms with Crippen LogP contribution in [0.4, 0.5) is 4.79 Å². The van der Waals surface area contributed by atoms with Crippen molar-refractivity contribution >= 4 is 22.6 Å². The predicted octanol–water partition coefficient (Wildman–Crippen LogP) is 3.32. The molecule has 0 unspecified atom stereocenters. The van der Waals surface area contributed by atoms with Crippen LogP contribution >= 0.6 is 0 Å². The molecule has 0 saturated carbocycles. The third-order valence-electron chi connectivity index (χ3n) is 3.06. The minimum Gasteiger partial charge on any atom is -0.497 e. The lowest BCUT2D eigenvalue weighted by molar-refractivity contribution is 0.152. The van der Waals surface area contributed by atoms with Gasteiger partial charge in [-0.1, -0.05) is 18.2 Å². The fourth-order valence-electron chi connectivity index (χ4n) is 1.93. The first-order valence-electron chi connectivity index (χ1n) is 6.69. The van der Waals surface area contributed by atoms with Crippen molar-refractivity contribution in [1.29, 1.82) is 0 Å². The number of fused-ring (bicyclic) bond motifs is 1. The van der Waals surface area contributed by atoms with Crippen molar-refractivity contribution in [2.75, 3.05) is 13.7 Å². The summed E-state index contributed by atoms with van der Waals surface area (Å²) in [6.45, 7) is 3.89. The second-order valence-corrected chi connectivity index (χ2v) is 4.46. The van der Waals surface area contributed by atoms with Gasteiger partial charge in [-0.15, -0.1) is 0 Å². The molecule has 0 heterocycles. The summed E-state index contributed by atoms with van der Waals surface area (Å²) in [6.07, 6.45) is -0.553. The third-order valence-corrected chi connectivity index (χ3v) is 3.06. The number of hydrogen-bond donors (Lipinski definition) is 1. The molecule has 110 valence electrons. The van der Waals surface area contributed by atoms with E-state index in [4.69, 9.17) is 9.47 Å². The maximum atomic E-state index is 11.2. The number of nitrogens with one attached hydrogen (secondary N) is 1. The van der Waals surface area contributed by atoms with Crippen molar-refractivity contribution in [3.8, 4) is 5.75 Å². The van der Waals surface area contributed by atoms with E-state index in [0.29, 0.717) is 12.3 Å². The van der Waals surface area contributed by atoms with Crippen molar-refractivity contribution in [1.82, 2.24) is 5.43 Å². The van der Waals surface area contributed by atoms with Crippen LogP contribution in [0.3, 0.4) is 0 Å². The summed E-state index contributed by atoms with van der Waals surface area (Å²) in [6, 6.07) is 11.8. The fraction of sp³-hybridized carbons (Fsp3) is 0.250. The molecule has 2 aromatic carbocycles. The Morgan fingerprint density at radius 2 is 1.90 bits per heavy atom. The molecule has 5 heteroatoms. The number of hydrogen-bond acceptors (Lipinski definition) is 4. The van der Waals surface area contributed by atoms with Gasteiger partial charge in [0.25, 0.3) is 0 Å². The zero-order valence-corrected chi connectivity index (χ0v) is 12.3. The zero-order valence-electron chi connectivity index (χ0n) is 12.3. The Morgan fingerprint density at radius 3 is 2.62 bits per heavy atom. The summed E-state index contributed by atoms with van der Waals surface area (Å²) in [5.41, 5.74) is 4.00. The molecule has 0 aliphatic rings. The van der Waals surface area contributed by atoms with Crippen LogP contribution in [0.15, 0.2) is 41.5 Å². The van der Waals surface area contributed by atoms with Crippen LogP contribution in [0.5, 0.6) is 5.75 Å². The molecule has 0 bridgehead atoms. The number of methoxy groups -OCH3 is 1. The molecule has 1 amide bonds. The van der Waals surface area contributed by atoms with E-state index in [1.54, 1.807) is 14.0 Å². The molecule has 0 aromatic heterocycles. The Labute approximate surface area is 123 Å². The Morgan fingerprint density at radius 1 is 1.19 bits per heavy atom. The largest absolute Gasteiger partial charge is 0.497 e. The lowest BCUT2D eigenvalue weighted by Gasteiger charge is -2.06. The highest BCUT2D eigenvalue weighted by molar-refractivity contribution is 6.02. The van der Waals surface area contributed by atoms with Gasteiger partial charge in [0, 0.05) is 0 Å². The Bertz CT molecular complexity index is 680. The van der Waals surface area contributed by atoms with E-state index in [1.807, 2.05) is 43.3 Å². The van der Waals surface area contributed by atoms with E-state index >= 15 is 0 Å². The molecular formula is C16H18N2O3. The molecular weight excluding hydrogens is 268 g/mol. The highest BCUT2D eigenvalue weighted by Gasteiger charge is 2.03. The van der Waals surface area contributed by atoms with E-state index < -0.39 is 6.09 Å². The Hall–Kier alpha value is -2.56. The molecule has 0 saturated heterocycles. The van der Waals surface area contributed by atoms with E-state index in [-0.39, 0.29) is 0 Å². The maximum Gasteiger partial charge on any atom is 0.427 e. The van der Waals surface area contributed by atoms with Gasteiger partial charge in [0.1, 0.15) is 5.75 Å². The smallest absolute Gasteiger partial charge is 0.427 e. The van der Waals surface area contributed by atoms with Crippen molar-refractivity contribution in [2.24, 2.45) is 5.10 Å². The van der Waals surface area contributed by atoms with Crippen molar-refractivity contribution in [3.05, 3.63) is 42.0 Å². The first kappa shape index (κ1) is 14.8. The Kier molecular flexibility index (Phi) is 4.77. The number of carbonyl (C=O) groups excluding carboxylic acids is 1. The highest BCUT2D eigenvalue weighted by atomic mass is 16.5. The minimum atomic E-state index is -0.553. The van der Waals surface area contributed by atoms with Crippen LogP contribution in [0.1, 0.15) is 19.4 Å². The summed E-state index contributed by atoms with van der Waals surface area (Å²) < 4.78 is 9.96. The molecule has 5 nitrogen and oxygen atoms in total. The van der Waals surface area contributed by atoms with Gasteiger partial charge in [-0.2, -0.15) is 5.10 Å². The number of ether oxygens (including phenoxy) is 2. The summed E-state index contributed by atoms with van der Waals surface area (Å²) in [4.78, 5) is 11.2. The van der Waals surface area contributed by atoms with E-state index in [1.165, 1.54) is 0 Å². The second-order valence-electron chi connectivity index (χ2n) is 4.46. The van der Waals surface area contributed by atoms with Crippen LogP contribution in [-0.4, -0.2) is 25.5 Å². The maximum absolute atomic E-state index is 11.2. The molecule has 0 aliphatic carbocycles. The standard InChI is InChI=1S/C16H18N2O3/c1-4-21-16(19)18-17-11(2)12-5-6-14-10-15(20-3)8-7-13(14)9-12/h5-10H,4H2,1-3H3,(H,18,19). The first-order chi connectivity index (χ1) is 10.1. The van der Waals surface area contributed by atoms with Gasteiger partial charge >= 0.3 is 6.09 Å². The number of rotatable bonds is 4. The van der Waals surface area contributed by atoms with Gasteiger partial charge in [-0.3, -0.25) is 0 Å². The second kappa shape index (κ2) is 6.74. The predicted molar refractivity (Wildman–Crippen MR) is 82.9 cm³/mol. The van der Waals surface area contributed by atoms with Gasteiger partial charge in [-0.05, 0) is 48.4 Å². The molecule has 21 heavy (non-hydrogen) atoms. The van der Waals surface area contributed by atoms with Gasteiger partial charge in [-0.25, -0.2) is 10.2 Å². The first-order valence-corrected chi connectivity index (χ1v) is 6.69. The molecule has 0 aliphatic heterocycles. The summed E-state index contributed by atoms with van der Waals surface area (Å²) in [5, 5.41) is 6.19. The molecule has 0 fully saturated rings. The summed E-state index contributed by atoms with van der Waals surface area (Å²) >= 11 is 0. The highest BCUT2D eigenvalue weighted by Crippen LogP contribution is 2.22. The lowest BCUT2D eigenvalue weighted by atomic mass is 10.0. The van der Waals surface area contributed by atoms with Gasteiger partial charge < -0.3 is 9.47 Å². The summed E-state index contributed by atoms with van der Waals surface area (Å²) in [5.74, 6) is 0.824. The van der Waals surface area contributed by atoms with Crippen LogP contribution in [0, 0.1) is 0 Å². The summed E-state index contributed by atoms with van der Waals surface area (Å²) in [7, 11) is 1.65. The monoisotopic (exact) mass is 286 g/mol. The number of hydrazone groups is 1. The van der Waals surface area contributed by atoms with E-state index in [9.17, 15) is 4.79 Å². The van der Waals surface area contributed by atoms with Gasteiger partial charge in [0.2, 0.25) is 0 Å².